The first kappa shape index (κ1) is 36.2. The van der Waals surface area contributed by atoms with E-state index in [1.54, 1.807) is 41.3 Å². The third-order valence-corrected chi connectivity index (χ3v) is 8.63. The molecule has 4 aromatic rings. The smallest absolute Gasteiger partial charge is 0.411 e. The average Bonchev–Trinajstić information content (AvgIpc) is 3.11. The number of rotatable bonds is 8. The number of hydrogen-bond acceptors (Lipinski definition) is 8. The van der Waals surface area contributed by atoms with Gasteiger partial charge in [-0.15, -0.1) is 0 Å². The van der Waals surface area contributed by atoms with Gasteiger partial charge in [0.15, 0.2) is 5.75 Å². The van der Waals surface area contributed by atoms with Crippen molar-refractivity contribution in [3.8, 4) is 17.2 Å². The Morgan fingerprint density at radius 2 is 1.59 bits per heavy atom. The van der Waals surface area contributed by atoms with Crippen molar-refractivity contribution >= 4 is 52.0 Å². The van der Waals surface area contributed by atoms with Crippen LogP contribution in [0.1, 0.15) is 50.2 Å². The number of pyridine rings is 1. The van der Waals surface area contributed by atoms with Crippen molar-refractivity contribution in [2.75, 3.05) is 49.8 Å². The summed E-state index contributed by atoms with van der Waals surface area (Å²) in [5.74, 6) is 0.813. The zero-order valence-corrected chi connectivity index (χ0v) is 29.4. The van der Waals surface area contributed by atoms with E-state index >= 15 is 0 Å². The van der Waals surface area contributed by atoms with Crippen LogP contribution in [0.25, 0.3) is 10.8 Å². The van der Waals surface area contributed by atoms with Gasteiger partial charge < -0.3 is 39.8 Å². The van der Waals surface area contributed by atoms with Crippen LogP contribution in [-0.2, 0) is 10.2 Å². The second kappa shape index (κ2) is 15.2. The summed E-state index contributed by atoms with van der Waals surface area (Å²) in [4.78, 5) is 57.8. The van der Waals surface area contributed by atoms with E-state index in [4.69, 9.17) is 14.2 Å². The predicted molar refractivity (Wildman–Crippen MR) is 193 cm³/mol. The Kier molecular flexibility index (Phi) is 10.8. The molecule has 1 saturated heterocycles. The Morgan fingerprint density at radius 1 is 0.902 bits per heavy atom. The molecule has 1 aliphatic rings. The lowest BCUT2D eigenvalue weighted by Gasteiger charge is -2.39. The zero-order valence-electron chi connectivity index (χ0n) is 29.4. The zero-order chi connectivity index (χ0) is 36.9. The van der Waals surface area contributed by atoms with Crippen LogP contribution in [0.3, 0.4) is 0 Å². The Morgan fingerprint density at radius 3 is 2.24 bits per heavy atom. The van der Waals surface area contributed by atoms with E-state index in [2.05, 4.69) is 20.9 Å². The predicted octanol–water partition coefficient (Wildman–Crippen LogP) is 7.37. The standard InChI is InChI=1S/C37H42N6O8/c1-7-23-21-42(16-17-43(23)36(47)48)33(44)30-20-24(14-15-38-30)51-31-13-12-27(25-10-8-9-11-26(25)31)39-34(45)40-28-18-22(37(2,3)4)19-29(32(28)49-5)41-35(46)50-6/h8-15,18-20,23H,7,16-17,21H2,1-6H3,(H,41,46)(H,47,48)(H2,39,40,45). The monoisotopic (exact) mass is 698 g/mol. The van der Waals surface area contributed by atoms with E-state index in [1.807, 2.05) is 52.0 Å². The van der Waals surface area contributed by atoms with E-state index < -0.39 is 18.2 Å². The fourth-order valence-corrected chi connectivity index (χ4v) is 5.90. The summed E-state index contributed by atoms with van der Waals surface area (Å²) in [5, 5.41) is 19.3. The minimum atomic E-state index is -0.994. The topological polar surface area (TPSA) is 172 Å². The van der Waals surface area contributed by atoms with Crippen molar-refractivity contribution in [1.82, 2.24) is 14.8 Å². The number of carbonyl (C=O) groups excluding carboxylic acids is 3. The van der Waals surface area contributed by atoms with Crippen molar-refractivity contribution in [3.05, 3.63) is 78.1 Å². The molecule has 0 bridgehead atoms. The van der Waals surface area contributed by atoms with Gasteiger partial charge in [0.05, 0.1) is 37.3 Å². The maximum Gasteiger partial charge on any atom is 0.411 e. The van der Waals surface area contributed by atoms with Gasteiger partial charge in [-0.1, -0.05) is 52.0 Å². The highest BCUT2D eigenvalue weighted by Gasteiger charge is 2.32. The Bertz CT molecular complexity index is 1960. The lowest BCUT2D eigenvalue weighted by molar-refractivity contribution is 0.0465. The molecule has 0 radical (unpaired) electrons. The molecule has 1 fully saturated rings. The van der Waals surface area contributed by atoms with Crippen molar-refractivity contribution < 1.29 is 38.5 Å². The van der Waals surface area contributed by atoms with Crippen LogP contribution in [-0.4, -0.2) is 83.9 Å². The Balaban J connectivity index is 1.36. The summed E-state index contributed by atoms with van der Waals surface area (Å²) in [6.07, 6.45) is 0.399. The summed E-state index contributed by atoms with van der Waals surface area (Å²) < 4.78 is 16.6. The number of hydrogen-bond donors (Lipinski definition) is 4. The van der Waals surface area contributed by atoms with Crippen LogP contribution >= 0.6 is 0 Å². The molecular formula is C37H42N6O8. The summed E-state index contributed by atoms with van der Waals surface area (Å²) in [7, 11) is 2.70. The number of carboxylic acid groups (broad SMARTS) is 1. The maximum atomic E-state index is 13.4. The summed E-state index contributed by atoms with van der Waals surface area (Å²) in [6, 6.07) is 16.7. The lowest BCUT2D eigenvalue weighted by Crippen LogP contribution is -2.56. The fourth-order valence-electron chi connectivity index (χ4n) is 5.90. The number of nitrogens with zero attached hydrogens (tertiary/aromatic N) is 3. The molecule has 3 aromatic carbocycles. The molecule has 0 saturated carbocycles. The van der Waals surface area contributed by atoms with Crippen molar-refractivity contribution in [2.45, 2.75) is 45.6 Å². The first-order valence-electron chi connectivity index (χ1n) is 16.4. The van der Waals surface area contributed by atoms with Gasteiger partial charge in [-0.25, -0.2) is 14.4 Å². The molecule has 14 heteroatoms. The molecular weight excluding hydrogens is 656 g/mol. The number of anilines is 3. The second-order valence-corrected chi connectivity index (χ2v) is 13.0. The van der Waals surface area contributed by atoms with Gasteiger partial charge in [0.2, 0.25) is 0 Å². The number of carbonyl (C=O) groups is 4. The molecule has 1 atom stereocenters. The number of methoxy groups -OCH3 is 2. The highest BCUT2D eigenvalue weighted by Crippen LogP contribution is 2.39. The van der Waals surface area contributed by atoms with Gasteiger partial charge in [-0.3, -0.25) is 15.1 Å². The van der Waals surface area contributed by atoms with Crippen LogP contribution < -0.4 is 25.4 Å². The number of benzene rings is 3. The first-order valence-corrected chi connectivity index (χ1v) is 16.4. The van der Waals surface area contributed by atoms with E-state index in [-0.39, 0.29) is 48.4 Å². The molecule has 2 heterocycles. The van der Waals surface area contributed by atoms with Crippen molar-refractivity contribution in [1.29, 1.82) is 0 Å². The van der Waals surface area contributed by atoms with Crippen LogP contribution in [0.15, 0.2) is 66.9 Å². The molecule has 1 unspecified atom stereocenters. The van der Waals surface area contributed by atoms with Crippen LogP contribution in [0.4, 0.5) is 31.4 Å². The molecule has 0 aliphatic carbocycles. The van der Waals surface area contributed by atoms with Gasteiger partial charge in [0, 0.05) is 42.7 Å². The molecule has 1 aromatic heterocycles. The molecule has 4 N–H and O–H groups in total. The molecule has 5 rings (SSSR count). The van der Waals surface area contributed by atoms with Crippen LogP contribution in [0.2, 0.25) is 0 Å². The normalized spacial score (nSPS) is 14.4. The van der Waals surface area contributed by atoms with E-state index in [0.717, 1.165) is 5.56 Å². The fraction of sp³-hybridized carbons (Fsp3) is 0.324. The molecule has 268 valence electrons. The van der Waals surface area contributed by atoms with Crippen molar-refractivity contribution in [2.24, 2.45) is 0 Å². The minimum absolute atomic E-state index is 0.182. The summed E-state index contributed by atoms with van der Waals surface area (Å²) in [6.45, 7) is 8.69. The molecule has 1 aliphatic heterocycles. The van der Waals surface area contributed by atoms with Crippen LogP contribution in [0.5, 0.6) is 17.2 Å². The minimum Gasteiger partial charge on any atom is -0.492 e. The van der Waals surface area contributed by atoms with Gasteiger partial charge in [0.25, 0.3) is 5.91 Å². The number of urea groups is 1. The highest BCUT2D eigenvalue weighted by atomic mass is 16.5. The van der Waals surface area contributed by atoms with E-state index in [0.29, 0.717) is 45.8 Å². The number of piperazine rings is 1. The number of ether oxygens (including phenoxy) is 3. The van der Waals surface area contributed by atoms with Gasteiger partial charge in [0.1, 0.15) is 17.2 Å². The van der Waals surface area contributed by atoms with Crippen molar-refractivity contribution in [3.63, 3.8) is 0 Å². The molecule has 5 amide bonds. The SMILES string of the molecule is CCC1CN(C(=O)c2cc(Oc3ccc(NC(=O)Nc4cc(C(C)(C)C)cc(NC(=O)OC)c4OC)c4ccccc34)ccn2)CCN1C(=O)O. The molecule has 51 heavy (non-hydrogen) atoms. The number of aromatic nitrogens is 1. The van der Waals surface area contributed by atoms with Crippen LogP contribution in [0, 0.1) is 0 Å². The summed E-state index contributed by atoms with van der Waals surface area (Å²) in [5.41, 5.74) is 1.88. The van der Waals surface area contributed by atoms with Gasteiger partial charge >= 0.3 is 18.2 Å². The third-order valence-electron chi connectivity index (χ3n) is 8.63. The highest BCUT2D eigenvalue weighted by molar-refractivity contribution is 6.08. The number of nitrogens with one attached hydrogen (secondary N) is 3. The number of fused-ring (bicyclic) bond motifs is 1. The summed E-state index contributed by atoms with van der Waals surface area (Å²) >= 11 is 0. The van der Waals surface area contributed by atoms with E-state index in [9.17, 15) is 24.3 Å². The molecule has 14 nitrogen and oxygen atoms in total. The number of amides is 5. The van der Waals surface area contributed by atoms with E-state index in [1.165, 1.54) is 25.3 Å². The Hall–Kier alpha value is -6.05. The molecule has 0 spiro atoms. The first-order chi connectivity index (χ1) is 24.3. The maximum absolute atomic E-state index is 13.4. The third kappa shape index (κ3) is 8.23. The second-order valence-electron chi connectivity index (χ2n) is 13.0. The lowest BCUT2D eigenvalue weighted by atomic mass is 9.86. The van der Waals surface area contributed by atoms with Gasteiger partial charge in [-0.2, -0.15) is 0 Å². The Labute approximate surface area is 295 Å². The van der Waals surface area contributed by atoms with Gasteiger partial charge in [-0.05, 0) is 47.7 Å². The largest absolute Gasteiger partial charge is 0.492 e. The average molecular weight is 699 g/mol. The quantitative estimate of drug-likeness (QED) is 0.147.